The van der Waals surface area contributed by atoms with E-state index in [2.05, 4.69) is 53.7 Å². The third-order valence-electron chi connectivity index (χ3n) is 5.87. The molecule has 0 saturated carbocycles. The molecule has 0 unspecified atom stereocenters. The van der Waals surface area contributed by atoms with Gasteiger partial charge in [0, 0.05) is 29.6 Å². The molecule has 1 atom stereocenters. The number of hydrogen-bond acceptors (Lipinski definition) is 2. The topological polar surface area (TPSA) is 57.6 Å². The van der Waals surface area contributed by atoms with Crippen LogP contribution >= 0.6 is 11.6 Å². The number of carbonyl (C=O) groups is 2. The van der Waals surface area contributed by atoms with E-state index in [1.807, 2.05) is 12.3 Å². The molecule has 0 spiro atoms. The number of benzene rings is 1. The summed E-state index contributed by atoms with van der Waals surface area (Å²) in [4.78, 5) is 25.4. The van der Waals surface area contributed by atoms with E-state index in [0.717, 1.165) is 41.0 Å². The number of allylic oxidation sites excluding steroid dienone is 1. The molecular formula is C25H36ClNO3. The van der Waals surface area contributed by atoms with Crippen molar-refractivity contribution in [1.29, 1.82) is 0 Å². The molecule has 1 amide bonds. The normalized spacial score (nSPS) is 19.9. The zero-order chi connectivity index (χ0) is 22.7. The van der Waals surface area contributed by atoms with Crippen molar-refractivity contribution >= 4 is 23.5 Å². The van der Waals surface area contributed by atoms with E-state index in [4.69, 9.17) is 16.7 Å². The molecule has 1 aliphatic rings. The molecule has 0 aliphatic carbocycles. The van der Waals surface area contributed by atoms with Crippen molar-refractivity contribution in [2.24, 2.45) is 11.3 Å². The summed E-state index contributed by atoms with van der Waals surface area (Å²) in [7, 11) is 0. The monoisotopic (exact) mass is 433 g/mol. The molecule has 0 aromatic heterocycles. The second kappa shape index (κ2) is 9.55. The summed E-state index contributed by atoms with van der Waals surface area (Å²) in [6.45, 7) is 13.3. The lowest BCUT2D eigenvalue weighted by Gasteiger charge is -2.40. The molecule has 0 saturated heterocycles. The Kier molecular flexibility index (Phi) is 7.79. The molecule has 1 aromatic rings. The van der Waals surface area contributed by atoms with Crippen molar-refractivity contribution < 1.29 is 14.7 Å². The van der Waals surface area contributed by atoms with Crippen LogP contribution in [0, 0.1) is 11.3 Å². The zero-order valence-electron chi connectivity index (χ0n) is 19.2. The van der Waals surface area contributed by atoms with Gasteiger partial charge in [0.15, 0.2) is 0 Å². The van der Waals surface area contributed by atoms with Crippen LogP contribution in [-0.4, -0.2) is 28.4 Å². The van der Waals surface area contributed by atoms with Crippen LogP contribution in [0.2, 0.25) is 5.02 Å². The average Bonchev–Trinajstić information content (AvgIpc) is 2.60. The Morgan fingerprint density at radius 2 is 1.97 bits per heavy atom. The average molecular weight is 434 g/mol. The van der Waals surface area contributed by atoms with E-state index in [1.54, 1.807) is 4.90 Å². The Labute approximate surface area is 186 Å². The first-order valence-corrected chi connectivity index (χ1v) is 11.2. The predicted molar refractivity (Wildman–Crippen MR) is 123 cm³/mol. The molecule has 1 aromatic carbocycles. The van der Waals surface area contributed by atoms with Crippen LogP contribution in [0.15, 0.2) is 30.0 Å². The molecule has 1 heterocycles. The van der Waals surface area contributed by atoms with Gasteiger partial charge in [-0.3, -0.25) is 9.59 Å². The van der Waals surface area contributed by atoms with Crippen LogP contribution in [0.5, 0.6) is 0 Å². The van der Waals surface area contributed by atoms with Crippen molar-refractivity contribution in [3.05, 3.63) is 46.1 Å². The van der Waals surface area contributed by atoms with Crippen LogP contribution in [0.1, 0.15) is 78.4 Å². The molecule has 1 N–H and O–H groups in total. The van der Waals surface area contributed by atoms with Gasteiger partial charge in [0.2, 0.25) is 5.91 Å². The van der Waals surface area contributed by atoms with E-state index in [9.17, 15) is 9.59 Å². The van der Waals surface area contributed by atoms with Crippen molar-refractivity contribution in [1.82, 2.24) is 4.90 Å². The van der Waals surface area contributed by atoms with Crippen molar-refractivity contribution in [2.45, 2.75) is 79.1 Å². The third kappa shape index (κ3) is 6.34. The van der Waals surface area contributed by atoms with Gasteiger partial charge in [0.25, 0.3) is 0 Å². The first-order valence-electron chi connectivity index (χ1n) is 10.8. The lowest BCUT2D eigenvalue weighted by Crippen LogP contribution is -2.42. The van der Waals surface area contributed by atoms with Crippen LogP contribution in [0.3, 0.4) is 0 Å². The molecule has 0 fully saturated rings. The number of carboxylic acid groups (broad SMARTS) is 1. The Hall–Kier alpha value is -1.81. The van der Waals surface area contributed by atoms with Crippen molar-refractivity contribution in [3.63, 3.8) is 0 Å². The quantitative estimate of drug-likeness (QED) is 0.529. The zero-order valence-corrected chi connectivity index (χ0v) is 20.0. The van der Waals surface area contributed by atoms with E-state index in [-0.39, 0.29) is 24.3 Å². The number of rotatable bonds is 8. The van der Waals surface area contributed by atoms with E-state index >= 15 is 0 Å². The molecule has 5 heteroatoms. The molecular weight excluding hydrogens is 398 g/mol. The standard InChI is InChI=1S/C25H36ClNO3/c1-17(2)13-20-16-27(12-10-23(29)30)22(28)15-25(20,6)19-8-7-18(21(26)14-19)9-11-24(3,4)5/h7-8,14,16-17H,9-13,15H2,1-6H3,(H,29,30)/t25-/m0/s1. The maximum absolute atomic E-state index is 12.8. The molecule has 166 valence electrons. The number of halogens is 1. The minimum atomic E-state index is -0.896. The van der Waals surface area contributed by atoms with Crippen LogP contribution in [0.25, 0.3) is 0 Å². The predicted octanol–water partition coefficient (Wildman–Crippen LogP) is 6.21. The summed E-state index contributed by atoms with van der Waals surface area (Å²) in [5.74, 6) is -0.515. The maximum Gasteiger partial charge on any atom is 0.305 e. The highest BCUT2D eigenvalue weighted by Gasteiger charge is 2.39. The van der Waals surface area contributed by atoms with Gasteiger partial charge in [-0.05, 0) is 53.4 Å². The lowest BCUT2D eigenvalue weighted by atomic mass is 9.69. The van der Waals surface area contributed by atoms with Crippen LogP contribution in [0.4, 0.5) is 0 Å². The number of carboxylic acids is 1. The molecule has 2 rings (SSSR count). The third-order valence-corrected chi connectivity index (χ3v) is 6.23. The van der Waals surface area contributed by atoms with E-state index in [1.165, 1.54) is 0 Å². The highest BCUT2D eigenvalue weighted by atomic mass is 35.5. The molecule has 4 nitrogen and oxygen atoms in total. The lowest BCUT2D eigenvalue weighted by molar-refractivity contribution is -0.138. The fourth-order valence-corrected chi connectivity index (χ4v) is 4.21. The fourth-order valence-electron chi connectivity index (χ4n) is 3.93. The first kappa shape index (κ1) is 24.5. The number of hydrogen-bond donors (Lipinski definition) is 1. The van der Waals surface area contributed by atoms with Gasteiger partial charge < -0.3 is 10.0 Å². The minimum Gasteiger partial charge on any atom is -0.481 e. The van der Waals surface area contributed by atoms with Gasteiger partial charge in [0.1, 0.15) is 0 Å². The number of amides is 1. The maximum atomic E-state index is 12.8. The molecule has 0 radical (unpaired) electrons. The summed E-state index contributed by atoms with van der Waals surface area (Å²) in [6.07, 6.45) is 4.98. The van der Waals surface area contributed by atoms with Gasteiger partial charge in [-0.15, -0.1) is 0 Å². The molecule has 0 bridgehead atoms. The van der Waals surface area contributed by atoms with Gasteiger partial charge in [-0.25, -0.2) is 0 Å². The smallest absolute Gasteiger partial charge is 0.305 e. The largest absolute Gasteiger partial charge is 0.481 e. The summed E-state index contributed by atoms with van der Waals surface area (Å²) < 4.78 is 0. The summed E-state index contributed by atoms with van der Waals surface area (Å²) >= 11 is 6.66. The van der Waals surface area contributed by atoms with Gasteiger partial charge in [-0.1, -0.05) is 65.3 Å². The van der Waals surface area contributed by atoms with E-state index in [0.29, 0.717) is 12.3 Å². The Morgan fingerprint density at radius 1 is 1.30 bits per heavy atom. The summed E-state index contributed by atoms with van der Waals surface area (Å²) in [5, 5.41) is 9.75. The molecule has 1 aliphatic heterocycles. The van der Waals surface area contributed by atoms with Crippen LogP contribution < -0.4 is 0 Å². The fraction of sp³-hybridized carbons (Fsp3) is 0.600. The highest BCUT2D eigenvalue weighted by molar-refractivity contribution is 6.31. The highest BCUT2D eigenvalue weighted by Crippen LogP contribution is 2.43. The van der Waals surface area contributed by atoms with Gasteiger partial charge in [-0.2, -0.15) is 0 Å². The van der Waals surface area contributed by atoms with Gasteiger partial charge in [0.05, 0.1) is 6.42 Å². The first-order chi connectivity index (χ1) is 13.8. The van der Waals surface area contributed by atoms with E-state index < -0.39 is 11.4 Å². The number of nitrogens with zero attached hydrogens (tertiary/aromatic N) is 1. The SMILES string of the molecule is CC(C)CC1=CN(CCC(=O)O)C(=O)C[C@@]1(C)c1ccc(CCC(C)(C)C)c(Cl)c1. The Balaban J connectivity index is 2.37. The minimum absolute atomic E-state index is 0.0424. The van der Waals surface area contributed by atoms with Crippen molar-refractivity contribution in [3.8, 4) is 0 Å². The van der Waals surface area contributed by atoms with Crippen LogP contribution in [-0.2, 0) is 21.4 Å². The van der Waals surface area contributed by atoms with Gasteiger partial charge >= 0.3 is 5.97 Å². The molecule has 30 heavy (non-hydrogen) atoms. The Bertz CT molecular complexity index is 822. The Morgan fingerprint density at radius 3 is 2.50 bits per heavy atom. The summed E-state index contributed by atoms with van der Waals surface area (Å²) in [6, 6.07) is 6.23. The number of carbonyl (C=O) groups excluding carboxylic acids is 1. The number of aryl methyl sites for hydroxylation is 1. The van der Waals surface area contributed by atoms with Crippen molar-refractivity contribution in [2.75, 3.05) is 6.54 Å². The summed E-state index contributed by atoms with van der Waals surface area (Å²) in [5.41, 5.74) is 3.15. The second-order valence-corrected chi connectivity index (χ2v) is 10.8. The second-order valence-electron chi connectivity index (χ2n) is 10.4. The number of aliphatic carboxylic acids is 1.